The highest BCUT2D eigenvalue weighted by Crippen LogP contribution is 2.27. The van der Waals surface area contributed by atoms with E-state index in [0.717, 1.165) is 27.4 Å². The summed E-state index contributed by atoms with van der Waals surface area (Å²) in [7, 11) is -0.938. The first-order valence-electron chi connectivity index (χ1n) is 7.80. The van der Waals surface area contributed by atoms with Gasteiger partial charge in [-0.1, -0.05) is 34.7 Å². The molecule has 152 valence electrons. The zero-order chi connectivity index (χ0) is 20.9. The molecular formula is C15H17ClN4O5S3. The van der Waals surface area contributed by atoms with Crippen LogP contribution < -0.4 is 5.32 Å². The average Bonchev–Trinajstić information content (AvgIpc) is 3.07. The summed E-state index contributed by atoms with van der Waals surface area (Å²) in [5.74, 6) is -0.926. The van der Waals surface area contributed by atoms with Crippen molar-refractivity contribution in [1.82, 2.24) is 14.5 Å². The van der Waals surface area contributed by atoms with E-state index in [-0.39, 0.29) is 32.3 Å². The highest BCUT2D eigenvalue weighted by molar-refractivity contribution is 8.01. The van der Waals surface area contributed by atoms with Crippen LogP contribution in [-0.2, 0) is 19.6 Å². The van der Waals surface area contributed by atoms with Crippen molar-refractivity contribution in [2.45, 2.75) is 16.2 Å². The summed E-state index contributed by atoms with van der Waals surface area (Å²) < 4.78 is 30.8. The van der Waals surface area contributed by atoms with Gasteiger partial charge in [0.25, 0.3) is 5.91 Å². The Morgan fingerprint density at radius 3 is 2.68 bits per heavy atom. The van der Waals surface area contributed by atoms with Crippen LogP contribution in [-0.4, -0.2) is 61.3 Å². The van der Waals surface area contributed by atoms with Crippen LogP contribution in [0.15, 0.2) is 27.4 Å². The summed E-state index contributed by atoms with van der Waals surface area (Å²) in [5, 5.41) is 10.5. The highest BCUT2D eigenvalue weighted by Gasteiger charge is 2.21. The fourth-order valence-corrected chi connectivity index (χ4v) is 4.53. The number of amides is 1. The van der Waals surface area contributed by atoms with Gasteiger partial charge in [0.15, 0.2) is 4.34 Å². The Bertz CT molecular complexity index is 978. The Morgan fingerprint density at radius 2 is 2.04 bits per heavy atom. The number of sulfonamides is 1. The minimum absolute atomic E-state index is 0.0134. The number of carbonyl (C=O) groups is 2. The molecule has 1 N–H and O–H groups in total. The first-order valence-corrected chi connectivity index (χ1v) is 11.4. The fraction of sp³-hybridized carbons (Fsp3) is 0.333. The topological polar surface area (TPSA) is 119 Å². The third-order valence-electron chi connectivity index (χ3n) is 3.21. The molecule has 28 heavy (non-hydrogen) atoms. The molecule has 2 aromatic rings. The first-order chi connectivity index (χ1) is 13.1. The van der Waals surface area contributed by atoms with E-state index in [1.165, 1.54) is 32.3 Å². The largest absolute Gasteiger partial charge is 0.465 e. The minimum Gasteiger partial charge on any atom is -0.465 e. The molecule has 0 aliphatic heterocycles. The molecule has 13 heteroatoms. The van der Waals surface area contributed by atoms with Crippen LogP contribution in [0.5, 0.6) is 0 Å². The van der Waals surface area contributed by atoms with Crippen LogP contribution in [0.3, 0.4) is 0 Å². The van der Waals surface area contributed by atoms with Gasteiger partial charge in [-0.15, -0.1) is 10.2 Å². The SMILES string of the molecule is CCOC(=O)CSc1nnc(NC(=O)c2cc(S(=O)(=O)N(C)C)ccc2Cl)s1. The van der Waals surface area contributed by atoms with E-state index in [9.17, 15) is 18.0 Å². The molecule has 0 saturated carbocycles. The molecule has 0 saturated heterocycles. The van der Waals surface area contributed by atoms with E-state index in [2.05, 4.69) is 15.5 Å². The number of esters is 1. The second kappa shape index (κ2) is 9.65. The normalized spacial score (nSPS) is 11.5. The number of hydrogen-bond acceptors (Lipinski definition) is 9. The summed E-state index contributed by atoms with van der Waals surface area (Å²) in [6.45, 7) is 2.01. The lowest BCUT2D eigenvalue weighted by molar-refractivity contribution is -0.139. The molecule has 0 fully saturated rings. The Balaban J connectivity index is 2.12. The van der Waals surface area contributed by atoms with E-state index in [1.807, 2.05) is 0 Å². The highest BCUT2D eigenvalue weighted by atomic mass is 35.5. The maximum atomic E-state index is 12.5. The molecule has 9 nitrogen and oxygen atoms in total. The van der Waals surface area contributed by atoms with Gasteiger partial charge in [-0.2, -0.15) is 0 Å². The molecule has 0 bridgehead atoms. The molecule has 0 radical (unpaired) electrons. The molecule has 1 aromatic heterocycles. The van der Waals surface area contributed by atoms with Crippen molar-refractivity contribution in [3.63, 3.8) is 0 Å². The zero-order valence-corrected chi connectivity index (χ0v) is 18.3. The molecule has 0 atom stereocenters. The number of ether oxygens (including phenoxy) is 1. The van der Waals surface area contributed by atoms with E-state index in [4.69, 9.17) is 16.3 Å². The van der Waals surface area contributed by atoms with Crippen LogP contribution >= 0.6 is 34.7 Å². The Kier molecular flexibility index (Phi) is 7.78. The van der Waals surface area contributed by atoms with E-state index in [1.54, 1.807) is 6.92 Å². The molecule has 0 aliphatic carbocycles. The number of aromatic nitrogens is 2. The number of nitrogens with one attached hydrogen (secondary N) is 1. The minimum atomic E-state index is -3.72. The van der Waals surface area contributed by atoms with E-state index < -0.39 is 15.9 Å². The van der Waals surface area contributed by atoms with Gasteiger partial charge in [0.05, 0.1) is 27.8 Å². The van der Waals surface area contributed by atoms with Gasteiger partial charge in [-0.3, -0.25) is 14.9 Å². The Morgan fingerprint density at radius 1 is 1.32 bits per heavy atom. The van der Waals surface area contributed by atoms with E-state index in [0.29, 0.717) is 10.9 Å². The Labute approximate surface area is 175 Å². The number of benzene rings is 1. The van der Waals surface area contributed by atoms with Crippen molar-refractivity contribution in [3.05, 3.63) is 28.8 Å². The lowest BCUT2D eigenvalue weighted by atomic mass is 10.2. The Hall–Kier alpha value is -1.73. The standard InChI is InChI=1S/C15H17ClN4O5S3/c1-4-25-12(21)8-26-15-19-18-14(27-15)17-13(22)10-7-9(5-6-11(10)16)28(23,24)20(2)3/h5-7H,4,8H2,1-3H3,(H,17,18,22). The molecule has 1 heterocycles. The lowest BCUT2D eigenvalue weighted by Crippen LogP contribution is -2.23. The van der Waals surface area contributed by atoms with Crippen molar-refractivity contribution in [1.29, 1.82) is 0 Å². The number of thioether (sulfide) groups is 1. The van der Waals surface area contributed by atoms with Crippen LogP contribution in [0.25, 0.3) is 0 Å². The first kappa shape index (κ1) is 22.6. The lowest BCUT2D eigenvalue weighted by Gasteiger charge is -2.12. The summed E-state index contributed by atoms with van der Waals surface area (Å²) >= 11 is 8.25. The van der Waals surface area contributed by atoms with Gasteiger partial charge in [0.2, 0.25) is 15.2 Å². The predicted octanol–water partition coefficient (Wildman–Crippen LogP) is 2.35. The van der Waals surface area contributed by atoms with Crippen LogP contribution in [0.2, 0.25) is 5.02 Å². The molecule has 2 rings (SSSR count). The molecule has 0 aliphatic rings. The zero-order valence-electron chi connectivity index (χ0n) is 15.1. The number of anilines is 1. The second-order valence-corrected chi connectivity index (χ2v) is 10.1. The fourth-order valence-electron chi connectivity index (χ4n) is 1.86. The van der Waals surface area contributed by atoms with E-state index >= 15 is 0 Å². The van der Waals surface area contributed by atoms with Crippen LogP contribution in [0.1, 0.15) is 17.3 Å². The van der Waals surface area contributed by atoms with Gasteiger partial charge in [-0.05, 0) is 25.1 Å². The van der Waals surface area contributed by atoms with Gasteiger partial charge < -0.3 is 4.74 Å². The van der Waals surface area contributed by atoms with Crippen LogP contribution in [0, 0.1) is 0 Å². The summed E-state index contributed by atoms with van der Waals surface area (Å²) in [5.41, 5.74) is -0.0134. The van der Waals surface area contributed by atoms with Crippen molar-refractivity contribution >= 4 is 61.7 Å². The number of hydrogen-bond donors (Lipinski definition) is 1. The predicted molar refractivity (Wildman–Crippen MR) is 108 cm³/mol. The second-order valence-electron chi connectivity index (χ2n) is 5.35. The van der Waals surface area contributed by atoms with Crippen molar-refractivity contribution < 1.29 is 22.7 Å². The molecule has 1 aromatic carbocycles. The molecule has 0 spiro atoms. The number of halogens is 1. The van der Waals surface area contributed by atoms with Crippen LogP contribution in [0.4, 0.5) is 5.13 Å². The number of carbonyl (C=O) groups excluding carboxylic acids is 2. The molecule has 0 unspecified atom stereocenters. The maximum absolute atomic E-state index is 12.5. The monoisotopic (exact) mass is 464 g/mol. The maximum Gasteiger partial charge on any atom is 0.316 e. The summed E-state index contributed by atoms with van der Waals surface area (Å²) in [4.78, 5) is 23.8. The van der Waals surface area contributed by atoms with Gasteiger partial charge in [0.1, 0.15) is 0 Å². The number of nitrogens with zero attached hydrogens (tertiary/aromatic N) is 3. The van der Waals surface area contributed by atoms with Crippen molar-refractivity contribution in [2.75, 3.05) is 31.8 Å². The van der Waals surface area contributed by atoms with Gasteiger partial charge in [-0.25, -0.2) is 12.7 Å². The van der Waals surface area contributed by atoms with Gasteiger partial charge in [0, 0.05) is 14.1 Å². The third-order valence-corrected chi connectivity index (χ3v) is 7.29. The molecule has 1 amide bonds. The number of rotatable bonds is 8. The quantitative estimate of drug-likeness (QED) is 0.359. The summed E-state index contributed by atoms with van der Waals surface area (Å²) in [6, 6.07) is 3.86. The summed E-state index contributed by atoms with van der Waals surface area (Å²) in [6.07, 6.45) is 0. The molecular weight excluding hydrogens is 448 g/mol. The van der Waals surface area contributed by atoms with Crippen molar-refractivity contribution in [3.8, 4) is 0 Å². The third kappa shape index (κ3) is 5.64. The average molecular weight is 465 g/mol. The smallest absolute Gasteiger partial charge is 0.316 e. The van der Waals surface area contributed by atoms with Crippen molar-refractivity contribution in [2.24, 2.45) is 0 Å². The van der Waals surface area contributed by atoms with Gasteiger partial charge >= 0.3 is 5.97 Å².